The van der Waals surface area contributed by atoms with Gasteiger partial charge in [-0.05, 0) is 36.0 Å². The third-order valence-corrected chi connectivity index (χ3v) is 4.71. The van der Waals surface area contributed by atoms with E-state index in [2.05, 4.69) is 48.8 Å². The summed E-state index contributed by atoms with van der Waals surface area (Å²) in [5.41, 5.74) is 1.37. The predicted octanol–water partition coefficient (Wildman–Crippen LogP) is 5.25. The zero-order chi connectivity index (χ0) is 11.4. The summed E-state index contributed by atoms with van der Waals surface area (Å²) in [5.74, 6) is 1.22. The Balaban J connectivity index is 2.87. The van der Waals surface area contributed by atoms with E-state index in [-0.39, 0.29) is 0 Å². The largest absolute Gasteiger partial charge is 0.0881 e. The van der Waals surface area contributed by atoms with Crippen molar-refractivity contribution in [1.29, 1.82) is 0 Å². The number of hydrogen-bond acceptors (Lipinski definition) is 0. The molecule has 1 aromatic carbocycles. The van der Waals surface area contributed by atoms with Crippen molar-refractivity contribution >= 4 is 27.5 Å². The van der Waals surface area contributed by atoms with E-state index in [1.807, 2.05) is 12.1 Å². The van der Waals surface area contributed by atoms with Crippen molar-refractivity contribution in [2.45, 2.75) is 37.9 Å². The Bertz CT molecular complexity index is 292. The van der Waals surface area contributed by atoms with E-state index in [0.717, 1.165) is 11.4 Å². The smallest absolute Gasteiger partial charge is 0.0406 e. The Morgan fingerprint density at radius 1 is 1.20 bits per heavy atom. The summed E-state index contributed by atoms with van der Waals surface area (Å²) >= 11 is 9.68. The summed E-state index contributed by atoms with van der Waals surface area (Å²) in [6, 6.07) is 8.21. The van der Waals surface area contributed by atoms with Gasteiger partial charge in [0.1, 0.15) is 0 Å². The lowest BCUT2D eigenvalue weighted by Crippen LogP contribution is -2.17. The molecule has 0 spiro atoms. The second kappa shape index (κ2) is 5.91. The highest BCUT2D eigenvalue weighted by atomic mass is 79.9. The third-order valence-electron chi connectivity index (χ3n) is 2.76. The zero-order valence-electron chi connectivity index (χ0n) is 9.50. The first-order valence-electron chi connectivity index (χ1n) is 5.45. The highest BCUT2D eigenvalue weighted by Crippen LogP contribution is 2.33. The van der Waals surface area contributed by atoms with E-state index in [9.17, 15) is 0 Å². The maximum absolute atomic E-state index is 5.89. The van der Waals surface area contributed by atoms with Crippen LogP contribution in [0.5, 0.6) is 0 Å². The van der Waals surface area contributed by atoms with Crippen molar-refractivity contribution in [1.82, 2.24) is 0 Å². The van der Waals surface area contributed by atoms with Gasteiger partial charge in [0.15, 0.2) is 0 Å². The molecule has 0 saturated heterocycles. The minimum absolute atomic E-state index is 0.531. The van der Waals surface area contributed by atoms with Crippen LogP contribution in [-0.2, 0) is 0 Å². The van der Waals surface area contributed by atoms with E-state index in [1.165, 1.54) is 5.56 Å². The molecule has 0 N–H and O–H groups in total. The summed E-state index contributed by atoms with van der Waals surface area (Å²) in [7, 11) is 0. The van der Waals surface area contributed by atoms with Crippen molar-refractivity contribution in [2.24, 2.45) is 5.92 Å². The normalized spacial score (nSPS) is 15.3. The minimum Gasteiger partial charge on any atom is -0.0881 e. The molecule has 0 aromatic heterocycles. The molecule has 15 heavy (non-hydrogen) atoms. The second-order valence-corrected chi connectivity index (χ2v) is 5.75. The molecule has 0 heterocycles. The number of alkyl halides is 1. The van der Waals surface area contributed by atoms with Crippen molar-refractivity contribution in [3.63, 3.8) is 0 Å². The molecule has 0 aliphatic carbocycles. The Hall–Kier alpha value is -0.0100. The van der Waals surface area contributed by atoms with Crippen molar-refractivity contribution in [3.8, 4) is 0 Å². The van der Waals surface area contributed by atoms with Crippen LogP contribution in [0.15, 0.2) is 24.3 Å². The fourth-order valence-corrected chi connectivity index (χ4v) is 2.62. The lowest BCUT2D eigenvalue weighted by Gasteiger charge is -2.24. The average Bonchev–Trinajstić information content (AvgIpc) is 2.21. The van der Waals surface area contributed by atoms with E-state index in [0.29, 0.717) is 16.7 Å². The Labute approximate surface area is 106 Å². The quantitative estimate of drug-likeness (QED) is 0.664. The van der Waals surface area contributed by atoms with Crippen LogP contribution in [0.2, 0.25) is 5.02 Å². The average molecular weight is 290 g/mol. The number of hydrogen-bond donors (Lipinski definition) is 0. The molecule has 0 saturated carbocycles. The van der Waals surface area contributed by atoms with Crippen LogP contribution in [0.3, 0.4) is 0 Å². The number of rotatable bonds is 4. The van der Waals surface area contributed by atoms with Crippen LogP contribution >= 0.6 is 27.5 Å². The first-order chi connectivity index (χ1) is 7.06. The molecule has 0 radical (unpaired) electrons. The van der Waals surface area contributed by atoms with Gasteiger partial charge in [-0.3, -0.25) is 0 Å². The SMILES string of the molecule is CCC(c1ccc(Cl)cc1)C(Br)C(C)C. The first-order valence-corrected chi connectivity index (χ1v) is 6.75. The van der Waals surface area contributed by atoms with E-state index in [1.54, 1.807) is 0 Å². The van der Waals surface area contributed by atoms with Gasteiger partial charge in [-0.2, -0.15) is 0 Å². The standard InChI is InChI=1S/C13H18BrCl/c1-4-12(13(14)9(2)3)10-5-7-11(15)8-6-10/h5-9,12-13H,4H2,1-3H3. The maximum atomic E-state index is 5.89. The molecule has 1 aromatic rings. The molecule has 0 fully saturated rings. The molecule has 2 unspecified atom stereocenters. The summed E-state index contributed by atoms with van der Waals surface area (Å²) in [4.78, 5) is 0.531. The molecule has 0 bridgehead atoms. The number of halogens is 2. The minimum atomic E-state index is 0.531. The molecule has 84 valence electrons. The Morgan fingerprint density at radius 3 is 2.13 bits per heavy atom. The van der Waals surface area contributed by atoms with Gasteiger partial charge < -0.3 is 0 Å². The van der Waals surface area contributed by atoms with Crippen LogP contribution in [0.4, 0.5) is 0 Å². The zero-order valence-corrected chi connectivity index (χ0v) is 11.8. The highest BCUT2D eigenvalue weighted by Gasteiger charge is 2.21. The molecular formula is C13H18BrCl. The van der Waals surface area contributed by atoms with Crippen LogP contribution < -0.4 is 0 Å². The molecular weight excluding hydrogens is 272 g/mol. The third kappa shape index (κ3) is 3.49. The van der Waals surface area contributed by atoms with Gasteiger partial charge in [-0.15, -0.1) is 0 Å². The number of benzene rings is 1. The molecule has 2 atom stereocenters. The van der Waals surface area contributed by atoms with Gasteiger partial charge in [0.05, 0.1) is 0 Å². The van der Waals surface area contributed by atoms with Crippen molar-refractivity contribution in [2.75, 3.05) is 0 Å². The summed E-state index contributed by atoms with van der Waals surface area (Å²) in [6.07, 6.45) is 1.15. The lowest BCUT2D eigenvalue weighted by molar-refractivity contribution is 0.514. The van der Waals surface area contributed by atoms with Crippen LogP contribution in [0, 0.1) is 5.92 Å². The van der Waals surface area contributed by atoms with Crippen LogP contribution in [0.25, 0.3) is 0 Å². The monoisotopic (exact) mass is 288 g/mol. The topological polar surface area (TPSA) is 0 Å². The fourth-order valence-electron chi connectivity index (χ4n) is 1.82. The maximum Gasteiger partial charge on any atom is 0.0406 e. The predicted molar refractivity (Wildman–Crippen MR) is 72.0 cm³/mol. The molecule has 0 aliphatic heterocycles. The van der Waals surface area contributed by atoms with Gasteiger partial charge in [0.2, 0.25) is 0 Å². The van der Waals surface area contributed by atoms with Crippen LogP contribution in [-0.4, -0.2) is 4.83 Å². The highest BCUT2D eigenvalue weighted by molar-refractivity contribution is 9.09. The molecule has 2 heteroatoms. The van der Waals surface area contributed by atoms with Gasteiger partial charge >= 0.3 is 0 Å². The summed E-state index contributed by atoms with van der Waals surface area (Å²) < 4.78 is 0. The fraction of sp³-hybridized carbons (Fsp3) is 0.538. The van der Waals surface area contributed by atoms with Gasteiger partial charge in [0, 0.05) is 9.85 Å². The molecule has 0 amide bonds. The van der Waals surface area contributed by atoms with Gasteiger partial charge in [-0.25, -0.2) is 0 Å². The van der Waals surface area contributed by atoms with Gasteiger partial charge in [0.25, 0.3) is 0 Å². The summed E-state index contributed by atoms with van der Waals surface area (Å²) in [6.45, 7) is 6.73. The van der Waals surface area contributed by atoms with Crippen molar-refractivity contribution in [3.05, 3.63) is 34.9 Å². The molecule has 1 rings (SSSR count). The molecule has 0 nitrogen and oxygen atoms in total. The lowest BCUT2D eigenvalue weighted by atomic mass is 9.88. The Kier molecular flexibility index (Phi) is 5.14. The second-order valence-electron chi connectivity index (χ2n) is 4.25. The Morgan fingerprint density at radius 2 is 1.73 bits per heavy atom. The summed E-state index contributed by atoms with van der Waals surface area (Å²) in [5, 5.41) is 0.810. The van der Waals surface area contributed by atoms with Crippen molar-refractivity contribution < 1.29 is 0 Å². The van der Waals surface area contributed by atoms with E-state index < -0.39 is 0 Å². The van der Waals surface area contributed by atoms with Gasteiger partial charge in [-0.1, -0.05) is 60.4 Å². The van der Waals surface area contributed by atoms with E-state index in [4.69, 9.17) is 11.6 Å². The first kappa shape index (κ1) is 13.1. The molecule has 0 aliphatic rings. The van der Waals surface area contributed by atoms with E-state index >= 15 is 0 Å². The van der Waals surface area contributed by atoms with Crippen LogP contribution in [0.1, 0.15) is 38.7 Å².